The summed E-state index contributed by atoms with van der Waals surface area (Å²) in [4.78, 5) is 11.6. The second kappa shape index (κ2) is 4.82. The molecule has 0 aliphatic rings. The van der Waals surface area contributed by atoms with Crippen molar-refractivity contribution < 1.29 is 9.53 Å². The average molecular weight is 207 g/mol. The van der Waals surface area contributed by atoms with Gasteiger partial charge in [-0.1, -0.05) is 13.8 Å². The van der Waals surface area contributed by atoms with Gasteiger partial charge < -0.3 is 10.5 Å². The molecule has 0 amide bonds. The molecule has 0 spiro atoms. The first kappa shape index (κ1) is 11.6. The normalized spacial score (nSPS) is 10.4. The Kier molecular flexibility index (Phi) is 3.72. The maximum absolute atomic E-state index is 11.6. The standard InChI is InChI=1S/C12H17NO2/c1-8(2)7-15-12(14)10-4-9(3)5-11(13)6-10/h4-6,8H,7,13H2,1-3H3. The zero-order chi connectivity index (χ0) is 11.4. The molecule has 1 aromatic carbocycles. The number of anilines is 1. The lowest BCUT2D eigenvalue weighted by molar-refractivity contribution is 0.0459. The molecule has 15 heavy (non-hydrogen) atoms. The molecule has 0 bridgehead atoms. The molecule has 1 rings (SSSR count). The maximum Gasteiger partial charge on any atom is 0.338 e. The number of rotatable bonds is 3. The number of benzene rings is 1. The van der Waals surface area contributed by atoms with Gasteiger partial charge in [-0.05, 0) is 36.6 Å². The maximum atomic E-state index is 11.6. The van der Waals surface area contributed by atoms with E-state index in [1.807, 2.05) is 26.8 Å². The first-order valence-corrected chi connectivity index (χ1v) is 5.03. The molecule has 82 valence electrons. The van der Waals surface area contributed by atoms with Crippen LogP contribution in [-0.2, 0) is 4.74 Å². The summed E-state index contributed by atoms with van der Waals surface area (Å²) >= 11 is 0. The lowest BCUT2D eigenvalue weighted by Gasteiger charge is -2.08. The van der Waals surface area contributed by atoms with Crippen LogP contribution in [-0.4, -0.2) is 12.6 Å². The Morgan fingerprint density at radius 3 is 2.60 bits per heavy atom. The van der Waals surface area contributed by atoms with Crippen molar-refractivity contribution in [1.82, 2.24) is 0 Å². The molecule has 0 aromatic heterocycles. The van der Waals surface area contributed by atoms with Gasteiger partial charge in [0.2, 0.25) is 0 Å². The molecular weight excluding hydrogens is 190 g/mol. The Hall–Kier alpha value is -1.51. The molecular formula is C12H17NO2. The predicted octanol–water partition coefficient (Wildman–Crippen LogP) is 2.39. The first-order chi connectivity index (χ1) is 6.99. The first-order valence-electron chi connectivity index (χ1n) is 5.03. The number of carbonyl (C=O) groups is 1. The zero-order valence-electron chi connectivity index (χ0n) is 9.41. The number of aryl methyl sites for hydroxylation is 1. The molecule has 0 atom stereocenters. The topological polar surface area (TPSA) is 52.3 Å². The van der Waals surface area contributed by atoms with Gasteiger partial charge in [-0.2, -0.15) is 0 Å². The molecule has 0 saturated heterocycles. The third-order valence-corrected chi connectivity index (χ3v) is 1.88. The van der Waals surface area contributed by atoms with Crippen LogP contribution in [0.4, 0.5) is 5.69 Å². The van der Waals surface area contributed by atoms with E-state index in [-0.39, 0.29) is 5.97 Å². The van der Waals surface area contributed by atoms with Crippen LogP contribution in [0.1, 0.15) is 29.8 Å². The minimum atomic E-state index is -0.306. The fourth-order valence-corrected chi connectivity index (χ4v) is 1.26. The van der Waals surface area contributed by atoms with Gasteiger partial charge in [0.25, 0.3) is 0 Å². The van der Waals surface area contributed by atoms with E-state index >= 15 is 0 Å². The Balaban J connectivity index is 2.73. The molecule has 0 radical (unpaired) electrons. The number of hydrogen-bond acceptors (Lipinski definition) is 3. The summed E-state index contributed by atoms with van der Waals surface area (Å²) in [6.45, 7) is 6.33. The van der Waals surface area contributed by atoms with Crippen LogP contribution in [0.2, 0.25) is 0 Å². The van der Waals surface area contributed by atoms with Crippen LogP contribution in [0.15, 0.2) is 18.2 Å². The average Bonchev–Trinajstić information content (AvgIpc) is 2.12. The van der Waals surface area contributed by atoms with Crippen LogP contribution < -0.4 is 5.73 Å². The number of esters is 1. The molecule has 0 heterocycles. The summed E-state index contributed by atoms with van der Waals surface area (Å²) < 4.78 is 5.11. The van der Waals surface area contributed by atoms with Gasteiger partial charge in [0.05, 0.1) is 12.2 Å². The second-order valence-corrected chi connectivity index (χ2v) is 4.12. The minimum absolute atomic E-state index is 0.306. The third-order valence-electron chi connectivity index (χ3n) is 1.88. The molecule has 1 aromatic rings. The smallest absolute Gasteiger partial charge is 0.338 e. The Labute approximate surface area is 90.2 Å². The van der Waals surface area contributed by atoms with Crippen molar-refractivity contribution in [3.63, 3.8) is 0 Å². The predicted molar refractivity (Wildman–Crippen MR) is 60.7 cm³/mol. The van der Waals surface area contributed by atoms with Crippen molar-refractivity contribution in [1.29, 1.82) is 0 Å². The van der Waals surface area contributed by atoms with Gasteiger partial charge in [-0.25, -0.2) is 4.79 Å². The summed E-state index contributed by atoms with van der Waals surface area (Å²) in [6.07, 6.45) is 0. The van der Waals surface area contributed by atoms with Crippen molar-refractivity contribution in [2.75, 3.05) is 12.3 Å². The van der Waals surface area contributed by atoms with E-state index in [4.69, 9.17) is 10.5 Å². The van der Waals surface area contributed by atoms with Gasteiger partial charge in [-0.15, -0.1) is 0 Å². The molecule has 3 heteroatoms. The highest BCUT2D eigenvalue weighted by Crippen LogP contribution is 2.12. The van der Waals surface area contributed by atoms with Crippen LogP contribution in [0.25, 0.3) is 0 Å². The van der Waals surface area contributed by atoms with Crippen LogP contribution >= 0.6 is 0 Å². The lowest BCUT2D eigenvalue weighted by Crippen LogP contribution is -2.10. The highest BCUT2D eigenvalue weighted by Gasteiger charge is 2.08. The van der Waals surface area contributed by atoms with E-state index in [0.29, 0.717) is 23.8 Å². The van der Waals surface area contributed by atoms with Crippen molar-refractivity contribution in [2.45, 2.75) is 20.8 Å². The SMILES string of the molecule is Cc1cc(N)cc(C(=O)OCC(C)C)c1. The van der Waals surface area contributed by atoms with Gasteiger partial charge in [0.1, 0.15) is 0 Å². The van der Waals surface area contributed by atoms with Crippen molar-refractivity contribution >= 4 is 11.7 Å². The highest BCUT2D eigenvalue weighted by atomic mass is 16.5. The number of nitrogens with two attached hydrogens (primary N) is 1. The summed E-state index contributed by atoms with van der Waals surface area (Å²) in [5, 5.41) is 0. The summed E-state index contributed by atoms with van der Waals surface area (Å²) in [6, 6.07) is 5.23. The van der Waals surface area contributed by atoms with Crippen molar-refractivity contribution in [3.8, 4) is 0 Å². The van der Waals surface area contributed by atoms with E-state index in [2.05, 4.69) is 0 Å². The molecule has 0 fully saturated rings. The van der Waals surface area contributed by atoms with Gasteiger partial charge in [-0.3, -0.25) is 0 Å². The van der Waals surface area contributed by atoms with E-state index in [9.17, 15) is 4.79 Å². The molecule has 3 nitrogen and oxygen atoms in total. The zero-order valence-corrected chi connectivity index (χ0v) is 9.41. The largest absolute Gasteiger partial charge is 0.462 e. The Morgan fingerprint density at radius 2 is 2.07 bits per heavy atom. The number of nitrogen functional groups attached to an aromatic ring is 1. The highest BCUT2D eigenvalue weighted by molar-refractivity contribution is 5.90. The van der Waals surface area contributed by atoms with Gasteiger partial charge >= 0.3 is 5.97 Å². The van der Waals surface area contributed by atoms with Crippen molar-refractivity contribution in [2.24, 2.45) is 5.92 Å². The quantitative estimate of drug-likeness (QED) is 0.611. The number of carbonyl (C=O) groups excluding carboxylic acids is 1. The van der Waals surface area contributed by atoms with E-state index in [1.54, 1.807) is 12.1 Å². The third kappa shape index (κ3) is 3.62. The van der Waals surface area contributed by atoms with Crippen molar-refractivity contribution in [3.05, 3.63) is 29.3 Å². The minimum Gasteiger partial charge on any atom is -0.462 e. The Morgan fingerprint density at radius 1 is 1.40 bits per heavy atom. The summed E-state index contributed by atoms with van der Waals surface area (Å²) in [5.41, 5.74) is 7.72. The molecule has 0 saturated carbocycles. The fraction of sp³-hybridized carbons (Fsp3) is 0.417. The monoisotopic (exact) mass is 207 g/mol. The van der Waals surface area contributed by atoms with E-state index in [0.717, 1.165) is 5.56 Å². The fourth-order valence-electron chi connectivity index (χ4n) is 1.26. The molecule has 2 N–H and O–H groups in total. The summed E-state index contributed by atoms with van der Waals surface area (Å²) in [7, 11) is 0. The van der Waals surface area contributed by atoms with Gasteiger partial charge in [0, 0.05) is 5.69 Å². The van der Waals surface area contributed by atoms with Crippen LogP contribution in [0.5, 0.6) is 0 Å². The summed E-state index contributed by atoms with van der Waals surface area (Å²) in [5.74, 6) is 0.0372. The molecule has 0 aliphatic carbocycles. The lowest BCUT2D eigenvalue weighted by atomic mass is 10.1. The molecule has 0 aliphatic heterocycles. The van der Waals surface area contributed by atoms with E-state index in [1.165, 1.54) is 0 Å². The molecule has 0 unspecified atom stereocenters. The van der Waals surface area contributed by atoms with Crippen LogP contribution in [0, 0.1) is 12.8 Å². The number of hydrogen-bond donors (Lipinski definition) is 1. The van der Waals surface area contributed by atoms with Gasteiger partial charge in [0.15, 0.2) is 0 Å². The Bertz CT molecular complexity index is 338. The van der Waals surface area contributed by atoms with E-state index < -0.39 is 0 Å². The second-order valence-electron chi connectivity index (χ2n) is 4.12. The number of ether oxygens (including phenoxy) is 1. The van der Waals surface area contributed by atoms with Crippen LogP contribution in [0.3, 0.4) is 0 Å².